The number of nitrogens with one attached hydrogen (secondary N) is 1. The predicted molar refractivity (Wildman–Crippen MR) is 87.0 cm³/mol. The van der Waals surface area contributed by atoms with Gasteiger partial charge >= 0.3 is 0 Å². The first-order valence-corrected chi connectivity index (χ1v) is 8.47. The fraction of sp³-hybridized carbons (Fsp3) is 1.00. The Morgan fingerprint density at radius 2 is 1.85 bits per heavy atom. The zero-order valence-electron chi connectivity index (χ0n) is 14.3. The highest BCUT2D eigenvalue weighted by Crippen LogP contribution is 2.26. The van der Waals surface area contributed by atoms with Crippen molar-refractivity contribution in [1.82, 2.24) is 10.2 Å². The lowest BCUT2D eigenvalue weighted by atomic mass is 9.84. The van der Waals surface area contributed by atoms with E-state index >= 15 is 0 Å². The van der Waals surface area contributed by atoms with Crippen LogP contribution in [-0.2, 0) is 0 Å². The Kier molecular flexibility index (Phi) is 7.49. The summed E-state index contributed by atoms with van der Waals surface area (Å²) in [6.07, 6.45) is 3.38. The van der Waals surface area contributed by atoms with Crippen LogP contribution in [-0.4, -0.2) is 48.8 Å². The molecule has 0 aromatic heterocycles. The zero-order chi connectivity index (χ0) is 15.2. The maximum Gasteiger partial charge on any atom is 0.0541 e. The SMILES string of the molecule is CCC(C)(CNCC(C)C)CN1CCC(C(C)O)CC1. The van der Waals surface area contributed by atoms with Crippen LogP contribution >= 0.6 is 0 Å². The van der Waals surface area contributed by atoms with Gasteiger partial charge in [0, 0.05) is 13.1 Å². The molecule has 0 aliphatic carbocycles. The Morgan fingerprint density at radius 1 is 1.25 bits per heavy atom. The summed E-state index contributed by atoms with van der Waals surface area (Å²) in [5.41, 5.74) is 0.368. The van der Waals surface area contributed by atoms with Crippen molar-refractivity contribution in [1.29, 1.82) is 0 Å². The first kappa shape index (κ1) is 17.9. The lowest BCUT2D eigenvalue weighted by Crippen LogP contribution is -2.46. The Morgan fingerprint density at radius 3 is 2.30 bits per heavy atom. The molecule has 1 aliphatic heterocycles. The van der Waals surface area contributed by atoms with E-state index in [1.165, 1.54) is 13.0 Å². The molecular weight excluding hydrogens is 248 g/mol. The summed E-state index contributed by atoms with van der Waals surface area (Å²) in [4.78, 5) is 2.60. The third-order valence-corrected chi connectivity index (χ3v) is 4.88. The molecule has 1 heterocycles. The number of piperidine rings is 1. The summed E-state index contributed by atoms with van der Waals surface area (Å²) in [6, 6.07) is 0. The molecule has 1 rings (SSSR count). The van der Waals surface area contributed by atoms with Gasteiger partial charge in [-0.25, -0.2) is 0 Å². The third-order valence-electron chi connectivity index (χ3n) is 4.88. The van der Waals surface area contributed by atoms with Crippen molar-refractivity contribution in [3.63, 3.8) is 0 Å². The van der Waals surface area contributed by atoms with Gasteiger partial charge in [-0.3, -0.25) is 0 Å². The molecule has 0 aromatic carbocycles. The maximum absolute atomic E-state index is 9.68. The van der Waals surface area contributed by atoms with E-state index in [9.17, 15) is 5.11 Å². The highest BCUT2D eigenvalue weighted by atomic mass is 16.3. The minimum absolute atomic E-state index is 0.137. The molecule has 3 heteroatoms. The zero-order valence-corrected chi connectivity index (χ0v) is 14.3. The summed E-state index contributed by atoms with van der Waals surface area (Å²) < 4.78 is 0. The Labute approximate surface area is 126 Å². The van der Waals surface area contributed by atoms with Crippen molar-refractivity contribution in [2.75, 3.05) is 32.7 Å². The second-order valence-electron chi connectivity index (χ2n) is 7.54. The summed E-state index contributed by atoms with van der Waals surface area (Å²) in [7, 11) is 0. The fourth-order valence-electron chi connectivity index (χ4n) is 3.09. The van der Waals surface area contributed by atoms with Gasteiger partial charge in [0.05, 0.1) is 6.10 Å². The molecule has 0 bridgehead atoms. The molecule has 2 N–H and O–H groups in total. The maximum atomic E-state index is 9.68. The van der Waals surface area contributed by atoms with Crippen molar-refractivity contribution in [3.8, 4) is 0 Å². The molecule has 20 heavy (non-hydrogen) atoms. The predicted octanol–water partition coefficient (Wildman–Crippen LogP) is 2.74. The van der Waals surface area contributed by atoms with Gasteiger partial charge in [-0.2, -0.15) is 0 Å². The second-order valence-corrected chi connectivity index (χ2v) is 7.54. The van der Waals surface area contributed by atoms with Crippen molar-refractivity contribution < 1.29 is 5.11 Å². The molecular formula is C17H36N2O. The highest BCUT2D eigenvalue weighted by Gasteiger charge is 2.29. The van der Waals surface area contributed by atoms with E-state index in [1.807, 2.05) is 6.92 Å². The number of rotatable bonds is 8. The summed E-state index contributed by atoms with van der Waals surface area (Å²) in [5, 5.41) is 13.3. The van der Waals surface area contributed by atoms with Gasteiger partial charge in [0.15, 0.2) is 0 Å². The van der Waals surface area contributed by atoms with Gasteiger partial charge in [0.2, 0.25) is 0 Å². The number of hydrogen-bond donors (Lipinski definition) is 2. The van der Waals surface area contributed by atoms with Gasteiger partial charge in [-0.1, -0.05) is 27.7 Å². The first-order valence-electron chi connectivity index (χ1n) is 8.47. The average molecular weight is 284 g/mol. The number of nitrogens with zero attached hydrogens (tertiary/aromatic N) is 1. The normalized spacial score (nSPS) is 22.9. The smallest absolute Gasteiger partial charge is 0.0541 e. The van der Waals surface area contributed by atoms with Crippen LogP contribution in [0.25, 0.3) is 0 Å². The van der Waals surface area contributed by atoms with Gasteiger partial charge in [0.25, 0.3) is 0 Å². The largest absolute Gasteiger partial charge is 0.393 e. The highest BCUT2D eigenvalue weighted by molar-refractivity contribution is 4.83. The van der Waals surface area contributed by atoms with Crippen LogP contribution in [0.1, 0.15) is 53.9 Å². The molecule has 0 saturated carbocycles. The number of aliphatic hydroxyl groups is 1. The molecule has 1 fully saturated rings. The van der Waals surface area contributed by atoms with Crippen molar-refractivity contribution in [2.24, 2.45) is 17.3 Å². The number of likely N-dealkylation sites (tertiary alicyclic amines) is 1. The molecule has 0 radical (unpaired) electrons. The second kappa shape index (κ2) is 8.35. The molecule has 2 unspecified atom stereocenters. The topological polar surface area (TPSA) is 35.5 Å². The van der Waals surface area contributed by atoms with Crippen molar-refractivity contribution in [2.45, 2.75) is 60.0 Å². The molecule has 3 nitrogen and oxygen atoms in total. The van der Waals surface area contributed by atoms with Crippen LogP contribution in [0.15, 0.2) is 0 Å². The summed E-state index contributed by atoms with van der Waals surface area (Å²) in [5.74, 6) is 1.23. The molecule has 1 aliphatic rings. The van der Waals surface area contributed by atoms with E-state index < -0.39 is 0 Å². The molecule has 2 atom stereocenters. The van der Waals surface area contributed by atoms with Crippen LogP contribution in [0.2, 0.25) is 0 Å². The Bertz CT molecular complexity index is 260. The van der Waals surface area contributed by atoms with Gasteiger partial charge in [0.1, 0.15) is 0 Å². The van der Waals surface area contributed by atoms with Gasteiger partial charge in [-0.15, -0.1) is 0 Å². The molecule has 0 spiro atoms. The summed E-state index contributed by atoms with van der Waals surface area (Å²) >= 11 is 0. The lowest BCUT2D eigenvalue weighted by molar-refractivity contribution is 0.0544. The van der Waals surface area contributed by atoms with E-state index in [4.69, 9.17) is 0 Å². The van der Waals surface area contributed by atoms with Crippen LogP contribution in [0, 0.1) is 17.3 Å². The Hall–Kier alpha value is -0.120. The van der Waals surface area contributed by atoms with Crippen molar-refractivity contribution >= 4 is 0 Å². The van der Waals surface area contributed by atoms with Crippen LogP contribution < -0.4 is 5.32 Å². The minimum Gasteiger partial charge on any atom is -0.393 e. The lowest BCUT2D eigenvalue weighted by Gasteiger charge is -2.39. The monoisotopic (exact) mass is 284 g/mol. The molecule has 1 saturated heterocycles. The standard InChI is InChI=1S/C17H36N2O/c1-6-17(5,12-18-11-14(2)3)13-19-9-7-16(8-10-19)15(4)20/h14-16,18,20H,6-13H2,1-5H3. The number of aliphatic hydroxyl groups excluding tert-OH is 1. The first-order chi connectivity index (χ1) is 9.36. The fourth-order valence-corrected chi connectivity index (χ4v) is 3.09. The third kappa shape index (κ3) is 6.11. The van der Waals surface area contributed by atoms with Gasteiger partial charge < -0.3 is 15.3 Å². The average Bonchev–Trinajstić information content (AvgIpc) is 2.39. The number of hydrogen-bond acceptors (Lipinski definition) is 3. The van der Waals surface area contributed by atoms with Crippen molar-refractivity contribution in [3.05, 3.63) is 0 Å². The van der Waals surface area contributed by atoms with E-state index in [2.05, 4.69) is 37.9 Å². The summed E-state index contributed by atoms with van der Waals surface area (Å²) in [6.45, 7) is 16.9. The van der Waals surface area contributed by atoms with Crippen LogP contribution in [0.3, 0.4) is 0 Å². The quantitative estimate of drug-likeness (QED) is 0.719. The van der Waals surface area contributed by atoms with Gasteiger partial charge in [-0.05, 0) is 63.1 Å². The van der Waals surface area contributed by atoms with E-state index in [1.54, 1.807) is 0 Å². The van der Waals surface area contributed by atoms with Crippen LogP contribution in [0.4, 0.5) is 0 Å². The molecule has 0 amide bonds. The molecule has 0 aromatic rings. The Balaban J connectivity index is 2.36. The van der Waals surface area contributed by atoms with E-state index in [-0.39, 0.29) is 6.10 Å². The minimum atomic E-state index is -0.137. The molecule has 120 valence electrons. The van der Waals surface area contributed by atoms with Crippen LogP contribution in [0.5, 0.6) is 0 Å². The van der Waals surface area contributed by atoms with E-state index in [0.717, 1.165) is 44.9 Å². The van der Waals surface area contributed by atoms with E-state index in [0.29, 0.717) is 11.3 Å².